The Hall–Kier alpha value is -2.67. The van der Waals surface area contributed by atoms with Gasteiger partial charge in [-0.05, 0) is 29.8 Å². The van der Waals surface area contributed by atoms with Crippen molar-refractivity contribution < 1.29 is 31.3 Å². The standard InChI is InChI=1S/C19H21N3O4.Cu/c1-24-16-8-13(9-17(25-2)19(16)26-3)15-10-18(23)21-22(15)14-6-4-12(11-20)5-7-14;/h4-10H,11,20H2,1-3H3,(H,21,23);. The molecule has 0 spiro atoms. The van der Waals surface area contributed by atoms with E-state index in [0.717, 1.165) is 16.8 Å². The zero-order valence-corrected chi connectivity index (χ0v) is 16.1. The number of nitrogens with zero attached hydrogens (tertiary/aromatic N) is 1. The molecule has 0 aliphatic heterocycles. The van der Waals surface area contributed by atoms with Gasteiger partial charge in [0.1, 0.15) is 0 Å². The Morgan fingerprint density at radius 3 is 2.04 bits per heavy atom. The predicted octanol–water partition coefficient (Wildman–Crippen LogP) is 2.31. The number of aromatic nitrogens is 2. The number of H-pyrrole nitrogens is 1. The van der Waals surface area contributed by atoms with Crippen LogP contribution in [0.4, 0.5) is 0 Å². The summed E-state index contributed by atoms with van der Waals surface area (Å²) in [6.45, 7) is 0.461. The first-order valence-corrected chi connectivity index (χ1v) is 8.03. The summed E-state index contributed by atoms with van der Waals surface area (Å²) in [6.07, 6.45) is 0. The van der Waals surface area contributed by atoms with Gasteiger partial charge < -0.3 is 19.9 Å². The molecule has 0 saturated heterocycles. The Bertz CT molecular complexity index is 939. The Morgan fingerprint density at radius 2 is 1.56 bits per heavy atom. The Morgan fingerprint density at radius 1 is 0.963 bits per heavy atom. The van der Waals surface area contributed by atoms with Gasteiger partial charge in [-0.2, -0.15) is 0 Å². The maximum atomic E-state index is 12.0. The van der Waals surface area contributed by atoms with Crippen LogP contribution in [0.2, 0.25) is 0 Å². The Labute approximate surface area is 167 Å². The first kappa shape index (κ1) is 20.6. The van der Waals surface area contributed by atoms with Gasteiger partial charge in [-0.15, -0.1) is 0 Å². The fraction of sp³-hybridized carbons (Fsp3) is 0.211. The largest absolute Gasteiger partial charge is 0.493 e. The Kier molecular flexibility index (Phi) is 6.74. The third-order valence-electron chi connectivity index (χ3n) is 4.12. The average Bonchev–Trinajstić information content (AvgIpc) is 3.08. The van der Waals surface area contributed by atoms with E-state index in [1.54, 1.807) is 38.1 Å². The van der Waals surface area contributed by atoms with Crippen LogP contribution in [-0.2, 0) is 23.6 Å². The summed E-state index contributed by atoms with van der Waals surface area (Å²) in [4.78, 5) is 12.0. The number of ether oxygens (including phenoxy) is 3. The third-order valence-corrected chi connectivity index (χ3v) is 4.12. The molecule has 1 aromatic heterocycles. The minimum absolute atomic E-state index is 0. The molecule has 3 rings (SSSR count). The normalized spacial score (nSPS) is 10.2. The van der Waals surface area contributed by atoms with E-state index >= 15 is 0 Å². The number of hydrogen-bond donors (Lipinski definition) is 2. The minimum Gasteiger partial charge on any atom is -0.493 e. The third kappa shape index (κ3) is 4.03. The van der Waals surface area contributed by atoms with E-state index in [-0.39, 0.29) is 22.6 Å². The number of aromatic amines is 1. The molecule has 2 aromatic carbocycles. The molecule has 147 valence electrons. The van der Waals surface area contributed by atoms with E-state index < -0.39 is 0 Å². The van der Waals surface area contributed by atoms with E-state index in [1.165, 1.54) is 6.07 Å². The number of benzene rings is 2. The van der Waals surface area contributed by atoms with Crippen LogP contribution in [0.25, 0.3) is 16.9 Å². The van der Waals surface area contributed by atoms with Crippen molar-refractivity contribution in [2.75, 3.05) is 21.3 Å². The van der Waals surface area contributed by atoms with Crippen molar-refractivity contribution in [1.29, 1.82) is 0 Å². The molecule has 1 heterocycles. The summed E-state index contributed by atoms with van der Waals surface area (Å²) in [5, 5.41) is 2.82. The molecule has 0 aliphatic carbocycles. The number of hydrogen-bond acceptors (Lipinski definition) is 5. The molecule has 7 nitrogen and oxygen atoms in total. The molecule has 3 aromatic rings. The summed E-state index contributed by atoms with van der Waals surface area (Å²) in [7, 11) is 4.65. The molecule has 0 saturated carbocycles. The van der Waals surface area contributed by atoms with E-state index in [9.17, 15) is 4.79 Å². The van der Waals surface area contributed by atoms with Gasteiger partial charge in [0, 0.05) is 35.2 Å². The second kappa shape index (κ2) is 8.81. The van der Waals surface area contributed by atoms with Crippen LogP contribution in [0.5, 0.6) is 17.2 Å². The first-order chi connectivity index (χ1) is 12.6. The number of rotatable bonds is 6. The van der Waals surface area contributed by atoms with Crippen molar-refractivity contribution in [2.24, 2.45) is 5.73 Å². The summed E-state index contributed by atoms with van der Waals surface area (Å²) >= 11 is 0. The van der Waals surface area contributed by atoms with E-state index in [2.05, 4.69) is 5.10 Å². The van der Waals surface area contributed by atoms with Crippen LogP contribution < -0.4 is 25.5 Å². The molecule has 0 amide bonds. The van der Waals surface area contributed by atoms with E-state index in [4.69, 9.17) is 19.9 Å². The maximum absolute atomic E-state index is 12.0. The predicted molar refractivity (Wildman–Crippen MR) is 99.4 cm³/mol. The zero-order chi connectivity index (χ0) is 18.7. The van der Waals surface area contributed by atoms with Gasteiger partial charge in [0.2, 0.25) is 5.75 Å². The van der Waals surface area contributed by atoms with E-state index in [1.807, 2.05) is 24.3 Å². The minimum atomic E-state index is -0.211. The number of nitrogens with two attached hydrogens (primary N) is 1. The van der Waals surface area contributed by atoms with Crippen molar-refractivity contribution in [3.05, 3.63) is 58.4 Å². The van der Waals surface area contributed by atoms with Gasteiger partial charge in [0.05, 0.1) is 32.7 Å². The van der Waals surface area contributed by atoms with Crippen LogP contribution in [0, 0.1) is 0 Å². The molecule has 8 heteroatoms. The monoisotopic (exact) mass is 418 g/mol. The molecular weight excluding hydrogens is 398 g/mol. The molecule has 27 heavy (non-hydrogen) atoms. The second-order valence-electron chi connectivity index (χ2n) is 5.63. The van der Waals surface area contributed by atoms with Crippen molar-refractivity contribution in [1.82, 2.24) is 9.78 Å². The van der Waals surface area contributed by atoms with Crippen LogP contribution in [0.1, 0.15) is 5.56 Å². The van der Waals surface area contributed by atoms with Crippen LogP contribution in [0.15, 0.2) is 47.3 Å². The van der Waals surface area contributed by atoms with Gasteiger partial charge in [0.25, 0.3) is 5.56 Å². The molecule has 0 aliphatic rings. The Balaban J connectivity index is 0.00000261. The van der Waals surface area contributed by atoms with Gasteiger partial charge in [-0.25, -0.2) is 0 Å². The van der Waals surface area contributed by atoms with Crippen molar-refractivity contribution >= 4 is 0 Å². The summed E-state index contributed by atoms with van der Waals surface area (Å²) in [5.41, 5.74) is 8.69. The summed E-state index contributed by atoms with van der Waals surface area (Å²) < 4.78 is 17.9. The smallest absolute Gasteiger partial charge is 0.265 e. The number of nitrogens with one attached hydrogen (secondary N) is 1. The molecule has 0 bridgehead atoms. The van der Waals surface area contributed by atoms with Crippen LogP contribution in [-0.4, -0.2) is 31.1 Å². The summed E-state index contributed by atoms with van der Waals surface area (Å²) in [6, 6.07) is 12.8. The second-order valence-corrected chi connectivity index (χ2v) is 5.63. The fourth-order valence-electron chi connectivity index (χ4n) is 2.82. The van der Waals surface area contributed by atoms with Gasteiger partial charge >= 0.3 is 0 Å². The van der Waals surface area contributed by atoms with Crippen LogP contribution in [0.3, 0.4) is 0 Å². The fourth-order valence-corrected chi connectivity index (χ4v) is 2.82. The molecule has 1 radical (unpaired) electrons. The van der Waals surface area contributed by atoms with Crippen molar-refractivity contribution in [2.45, 2.75) is 6.54 Å². The number of methoxy groups -OCH3 is 3. The maximum Gasteiger partial charge on any atom is 0.265 e. The topological polar surface area (TPSA) is 91.5 Å². The molecular formula is C19H21CuN3O4. The van der Waals surface area contributed by atoms with E-state index in [0.29, 0.717) is 29.5 Å². The first-order valence-electron chi connectivity index (χ1n) is 8.03. The molecule has 3 N–H and O–H groups in total. The average molecular weight is 419 g/mol. The van der Waals surface area contributed by atoms with Gasteiger partial charge in [-0.1, -0.05) is 12.1 Å². The van der Waals surface area contributed by atoms with Crippen molar-refractivity contribution in [3.63, 3.8) is 0 Å². The quantitative estimate of drug-likeness (QED) is 0.599. The van der Waals surface area contributed by atoms with Crippen LogP contribution >= 0.6 is 0 Å². The zero-order valence-electron chi connectivity index (χ0n) is 15.2. The van der Waals surface area contributed by atoms with Gasteiger partial charge in [0.15, 0.2) is 11.5 Å². The SMILES string of the molecule is COc1cc(-c2cc(=O)[nH]n2-c2ccc(CN)cc2)cc(OC)c1OC.[Cu]. The molecule has 0 fully saturated rings. The van der Waals surface area contributed by atoms with Crippen molar-refractivity contribution in [3.8, 4) is 34.2 Å². The summed E-state index contributed by atoms with van der Waals surface area (Å²) in [5.74, 6) is 1.52. The molecule has 0 atom stereocenters. The van der Waals surface area contributed by atoms with Gasteiger partial charge in [-0.3, -0.25) is 14.6 Å². The molecule has 0 unspecified atom stereocenters.